The average molecular weight is 434 g/mol. The molecule has 0 saturated carbocycles. The molecule has 0 saturated heterocycles. The van der Waals surface area contributed by atoms with Crippen molar-refractivity contribution in [2.75, 3.05) is 25.2 Å². The summed E-state index contributed by atoms with van der Waals surface area (Å²) in [6.45, 7) is 0.158. The number of thiazole rings is 1. The molecule has 1 heterocycles. The first kappa shape index (κ1) is 20.7. The Morgan fingerprint density at radius 2 is 1.97 bits per heavy atom. The number of methoxy groups -OCH3 is 1. The van der Waals surface area contributed by atoms with Crippen molar-refractivity contribution in [2.24, 2.45) is 0 Å². The Hall–Kier alpha value is -2.98. The van der Waals surface area contributed by atoms with Crippen LogP contribution in [0.3, 0.4) is 0 Å². The molecule has 2 aromatic carbocycles. The quantitative estimate of drug-likeness (QED) is 0.592. The number of nitrogens with zero attached hydrogens (tertiary/aromatic N) is 1. The Balaban J connectivity index is 1.56. The van der Waals surface area contributed by atoms with E-state index < -0.39 is 9.84 Å². The van der Waals surface area contributed by atoms with Crippen LogP contribution in [0.15, 0.2) is 47.4 Å². The molecule has 2 N–H and O–H groups in total. The molecule has 0 aliphatic rings. The molecule has 0 fully saturated rings. The summed E-state index contributed by atoms with van der Waals surface area (Å²) in [6.07, 6.45) is 1.21. The Bertz CT molecular complexity index is 1170. The Morgan fingerprint density at radius 3 is 2.69 bits per heavy atom. The summed E-state index contributed by atoms with van der Waals surface area (Å²) in [7, 11) is -1.79. The standard InChI is InChI=1S/C19H19N3O5S2/c1-27-13-5-3-4-12(10-13)18(24)20-9-8-17(23)22-19-21-15-7-6-14(29(2,25)26)11-16(15)28-19/h3-7,10-11H,8-9H2,1-2H3,(H,20,24)(H,21,22,23). The van der Waals surface area contributed by atoms with E-state index in [9.17, 15) is 18.0 Å². The highest BCUT2D eigenvalue weighted by Crippen LogP contribution is 2.28. The van der Waals surface area contributed by atoms with Crippen molar-refractivity contribution in [3.05, 3.63) is 48.0 Å². The van der Waals surface area contributed by atoms with Crippen LogP contribution in [0.1, 0.15) is 16.8 Å². The van der Waals surface area contributed by atoms with Crippen LogP contribution in [0, 0.1) is 0 Å². The predicted octanol–water partition coefficient (Wildman–Crippen LogP) is 2.47. The van der Waals surface area contributed by atoms with E-state index in [-0.39, 0.29) is 29.7 Å². The SMILES string of the molecule is COc1cccc(C(=O)NCCC(=O)Nc2nc3ccc(S(C)(=O)=O)cc3s2)c1. The van der Waals surface area contributed by atoms with Gasteiger partial charge in [-0.05, 0) is 36.4 Å². The second-order valence-electron chi connectivity index (χ2n) is 6.21. The monoisotopic (exact) mass is 433 g/mol. The largest absolute Gasteiger partial charge is 0.497 e. The van der Waals surface area contributed by atoms with Crippen molar-refractivity contribution < 1.29 is 22.7 Å². The van der Waals surface area contributed by atoms with Gasteiger partial charge in [-0.1, -0.05) is 17.4 Å². The fourth-order valence-electron chi connectivity index (χ4n) is 2.53. The first-order valence-electron chi connectivity index (χ1n) is 8.59. The number of nitrogens with one attached hydrogen (secondary N) is 2. The summed E-state index contributed by atoms with van der Waals surface area (Å²) in [5.41, 5.74) is 1.04. The summed E-state index contributed by atoms with van der Waals surface area (Å²) in [5, 5.41) is 5.72. The maximum absolute atomic E-state index is 12.1. The Labute approximate surface area is 171 Å². The van der Waals surface area contributed by atoms with Crippen molar-refractivity contribution in [1.29, 1.82) is 0 Å². The zero-order valence-electron chi connectivity index (χ0n) is 15.8. The number of carbonyl (C=O) groups excluding carboxylic acids is 2. The predicted molar refractivity (Wildman–Crippen MR) is 111 cm³/mol. The van der Waals surface area contributed by atoms with Crippen LogP contribution in [-0.2, 0) is 14.6 Å². The van der Waals surface area contributed by atoms with E-state index in [0.29, 0.717) is 26.7 Å². The fraction of sp³-hybridized carbons (Fsp3) is 0.211. The summed E-state index contributed by atoms with van der Waals surface area (Å²) in [5.74, 6) is -0.0337. The number of benzene rings is 2. The number of fused-ring (bicyclic) bond motifs is 1. The number of ether oxygens (including phenoxy) is 1. The minimum Gasteiger partial charge on any atom is -0.497 e. The van der Waals surface area contributed by atoms with Crippen molar-refractivity contribution in [3.63, 3.8) is 0 Å². The number of aromatic nitrogens is 1. The van der Waals surface area contributed by atoms with Crippen LogP contribution in [0.25, 0.3) is 10.2 Å². The van der Waals surface area contributed by atoms with E-state index in [1.165, 1.54) is 30.6 Å². The van der Waals surface area contributed by atoms with E-state index in [1.54, 1.807) is 30.3 Å². The minimum atomic E-state index is -3.31. The van der Waals surface area contributed by atoms with Gasteiger partial charge in [0, 0.05) is 24.8 Å². The molecule has 152 valence electrons. The van der Waals surface area contributed by atoms with Gasteiger partial charge in [0.05, 0.1) is 22.2 Å². The molecular weight excluding hydrogens is 414 g/mol. The van der Waals surface area contributed by atoms with E-state index >= 15 is 0 Å². The van der Waals surface area contributed by atoms with Crippen LogP contribution in [0.2, 0.25) is 0 Å². The zero-order chi connectivity index (χ0) is 21.0. The molecule has 0 radical (unpaired) electrons. The van der Waals surface area contributed by atoms with Crippen LogP contribution in [-0.4, -0.2) is 45.1 Å². The van der Waals surface area contributed by atoms with Gasteiger partial charge < -0.3 is 15.4 Å². The number of hydrogen-bond acceptors (Lipinski definition) is 7. The number of amides is 2. The van der Waals surface area contributed by atoms with E-state index in [0.717, 1.165) is 6.26 Å². The van der Waals surface area contributed by atoms with Gasteiger partial charge in [0.1, 0.15) is 5.75 Å². The highest BCUT2D eigenvalue weighted by Gasteiger charge is 2.13. The maximum Gasteiger partial charge on any atom is 0.251 e. The molecule has 2 amide bonds. The Morgan fingerprint density at radius 1 is 1.17 bits per heavy atom. The molecule has 0 atom stereocenters. The zero-order valence-corrected chi connectivity index (χ0v) is 17.4. The smallest absolute Gasteiger partial charge is 0.251 e. The van der Waals surface area contributed by atoms with Crippen LogP contribution in [0.5, 0.6) is 5.75 Å². The minimum absolute atomic E-state index is 0.0697. The van der Waals surface area contributed by atoms with Crippen molar-refractivity contribution in [3.8, 4) is 5.75 Å². The third-order valence-electron chi connectivity index (χ3n) is 4.00. The van der Waals surface area contributed by atoms with Gasteiger partial charge in [0.2, 0.25) is 5.91 Å². The average Bonchev–Trinajstić information content (AvgIpc) is 3.08. The molecular formula is C19H19N3O5S2. The van der Waals surface area contributed by atoms with Gasteiger partial charge in [0.25, 0.3) is 5.91 Å². The normalized spacial score (nSPS) is 11.2. The highest BCUT2D eigenvalue weighted by atomic mass is 32.2. The third-order valence-corrected chi connectivity index (χ3v) is 6.05. The molecule has 0 aliphatic heterocycles. The first-order valence-corrected chi connectivity index (χ1v) is 11.3. The first-order chi connectivity index (χ1) is 13.8. The van der Waals surface area contributed by atoms with E-state index in [1.807, 2.05) is 0 Å². The van der Waals surface area contributed by atoms with Gasteiger partial charge in [-0.25, -0.2) is 13.4 Å². The van der Waals surface area contributed by atoms with E-state index in [2.05, 4.69) is 15.6 Å². The van der Waals surface area contributed by atoms with Crippen LogP contribution < -0.4 is 15.4 Å². The molecule has 1 aromatic heterocycles. The van der Waals surface area contributed by atoms with Gasteiger partial charge in [-0.2, -0.15) is 0 Å². The number of carbonyl (C=O) groups is 2. The summed E-state index contributed by atoms with van der Waals surface area (Å²) >= 11 is 1.19. The van der Waals surface area contributed by atoms with Crippen LogP contribution >= 0.6 is 11.3 Å². The molecule has 0 unspecified atom stereocenters. The summed E-state index contributed by atoms with van der Waals surface area (Å²) in [4.78, 5) is 28.7. The molecule has 3 rings (SSSR count). The van der Waals surface area contributed by atoms with Crippen LogP contribution in [0.4, 0.5) is 5.13 Å². The molecule has 0 bridgehead atoms. The summed E-state index contributed by atoms with van der Waals surface area (Å²) in [6, 6.07) is 11.3. The maximum atomic E-state index is 12.1. The molecule has 0 aliphatic carbocycles. The number of anilines is 1. The lowest BCUT2D eigenvalue weighted by Gasteiger charge is -2.06. The lowest BCUT2D eigenvalue weighted by atomic mass is 10.2. The third kappa shape index (κ3) is 5.30. The molecule has 29 heavy (non-hydrogen) atoms. The van der Waals surface area contributed by atoms with E-state index in [4.69, 9.17) is 4.74 Å². The van der Waals surface area contributed by atoms with Gasteiger partial charge >= 0.3 is 0 Å². The molecule has 8 nitrogen and oxygen atoms in total. The van der Waals surface area contributed by atoms with Gasteiger partial charge in [-0.3, -0.25) is 9.59 Å². The second-order valence-corrected chi connectivity index (χ2v) is 9.25. The molecule has 10 heteroatoms. The Kier molecular flexibility index (Phi) is 6.14. The van der Waals surface area contributed by atoms with Crippen molar-refractivity contribution >= 4 is 48.3 Å². The lowest BCUT2D eigenvalue weighted by Crippen LogP contribution is -2.27. The lowest BCUT2D eigenvalue weighted by molar-refractivity contribution is -0.116. The second kappa shape index (κ2) is 8.58. The van der Waals surface area contributed by atoms with Crippen molar-refractivity contribution in [1.82, 2.24) is 10.3 Å². The topological polar surface area (TPSA) is 114 Å². The highest BCUT2D eigenvalue weighted by molar-refractivity contribution is 7.90. The van der Waals surface area contributed by atoms with Gasteiger partial charge in [0.15, 0.2) is 15.0 Å². The summed E-state index contributed by atoms with van der Waals surface area (Å²) < 4.78 is 29.0. The number of sulfone groups is 1. The number of hydrogen-bond donors (Lipinski definition) is 2. The van der Waals surface area contributed by atoms with Crippen molar-refractivity contribution in [2.45, 2.75) is 11.3 Å². The number of rotatable bonds is 7. The molecule has 3 aromatic rings. The van der Waals surface area contributed by atoms with Gasteiger partial charge in [-0.15, -0.1) is 0 Å². The molecule has 0 spiro atoms. The fourth-order valence-corrected chi connectivity index (χ4v) is 4.17.